The molecule has 2 nitrogen and oxygen atoms in total. The van der Waals surface area contributed by atoms with Crippen molar-refractivity contribution < 1.29 is 0 Å². The van der Waals surface area contributed by atoms with Gasteiger partial charge in [-0.15, -0.1) is 68.9 Å². The van der Waals surface area contributed by atoms with Crippen molar-refractivity contribution in [2.45, 2.75) is 320 Å². The molecule has 6 aromatic heterocycles. The van der Waals surface area contributed by atoms with Crippen LogP contribution in [0.1, 0.15) is 307 Å². The zero-order valence-corrected chi connectivity index (χ0v) is 64.7. The van der Waals surface area contributed by atoms with Gasteiger partial charge in [0.2, 0.25) is 0 Å². The van der Waals surface area contributed by atoms with Gasteiger partial charge in [-0.25, -0.2) is 9.97 Å². The summed E-state index contributed by atoms with van der Waals surface area (Å²) in [5.41, 5.74) is 8.81. The van der Waals surface area contributed by atoms with Crippen LogP contribution in [0.4, 0.5) is 0 Å². The number of fused-ring (bicyclic) bond motifs is 1. The monoisotopic (exact) mass is 1390 g/mol. The van der Waals surface area contributed by atoms with Gasteiger partial charge in [0.25, 0.3) is 0 Å². The number of hydrogen-bond acceptors (Lipinski definition) is 10. The van der Waals surface area contributed by atoms with E-state index in [-0.39, 0.29) is 0 Å². The van der Waals surface area contributed by atoms with Gasteiger partial charge in [-0.1, -0.05) is 306 Å². The van der Waals surface area contributed by atoms with Crippen LogP contribution in [0.5, 0.6) is 0 Å². The van der Waals surface area contributed by atoms with Crippen molar-refractivity contribution in [2.75, 3.05) is 12.5 Å². The molecule has 0 amide bonds. The summed E-state index contributed by atoms with van der Waals surface area (Å²) >= 11 is 15.5. The van der Waals surface area contributed by atoms with Crippen molar-refractivity contribution in [1.82, 2.24) is 9.97 Å². The second kappa shape index (κ2) is 44.4. The summed E-state index contributed by atoms with van der Waals surface area (Å²) in [6.07, 6.45) is 63.5. The Morgan fingerprint density at radius 2 is 0.489 bits per heavy atom. The van der Waals surface area contributed by atoms with Gasteiger partial charge in [0.15, 0.2) is 9.66 Å². The summed E-state index contributed by atoms with van der Waals surface area (Å²) in [5.74, 6) is 0. The molecule has 6 heterocycles. The number of unbranched alkanes of at least 4 members (excludes halogenated alkanes) is 36. The third-order valence-electron chi connectivity index (χ3n) is 19.0. The molecule has 504 valence electrons. The second-order valence-corrected chi connectivity index (χ2v) is 34.6. The molecular weight excluding hydrogens is 1270 g/mol. The van der Waals surface area contributed by atoms with Crippen molar-refractivity contribution in [3.05, 3.63) is 95.1 Å². The van der Waals surface area contributed by atoms with E-state index in [0.29, 0.717) is 0 Å². The summed E-state index contributed by atoms with van der Waals surface area (Å²) in [6, 6.07) is 29.0. The number of thiophene rings is 4. The molecule has 92 heavy (non-hydrogen) atoms. The molecule has 0 fully saturated rings. The lowest BCUT2D eigenvalue weighted by atomic mass is 10.0. The van der Waals surface area contributed by atoms with Crippen molar-refractivity contribution in [3.8, 4) is 60.2 Å². The Balaban J connectivity index is 1.08. The molecule has 0 aliphatic carbocycles. The average Bonchev–Trinajstić information content (AvgIpc) is 1.92. The van der Waals surface area contributed by atoms with Gasteiger partial charge in [-0.05, 0) is 146 Å². The predicted octanol–water partition coefficient (Wildman–Crippen LogP) is 31.3. The fraction of sp³-hybridized carbons (Fsp3) is 0.610. The first-order valence-electron chi connectivity index (χ1n) is 37.5. The highest BCUT2D eigenvalue weighted by Crippen LogP contribution is 2.51. The van der Waals surface area contributed by atoms with Crippen molar-refractivity contribution in [3.63, 3.8) is 0 Å². The van der Waals surface area contributed by atoms with Crippen LogP contribution in [-0.2, 0) is 25.7 Å². The van der Waals surface area contributed by atoms with E-state index in [1.54, 1.807) is 20.9 Å². The van der Waals surface area contributed by atoms with Crippen LogP contribution in [0.2, 0.25) is 0 Å². The molecule has 2 aromatic carbocycles. The van der Waals surface area contributed by atoms with E-state index in [1.807, 2.05) is 68.9 Å². The fourth-order valence-corrected chi connectivity index (χ4v) is 21.5. The minimum absolute atomic E-state index is 1.10. The second-order valence-electron chi connectivity index (χ2n) is 26.7. The van der Waals surface area contributed by atoms with Crippen LogP contribution in [0, 0.1) is 0 Å². The average molecular weight is 1390 g/mol. The number of benzene rings is 2. The fourth-order valence-electron chi connectivity index (χ4n) is 13.3. The largest absolute Gasteiger partial charge is 0.222 e. The topological polar surface area (TPSA) is 25.8 Å². The molecule has 0 atom stereocenters. The Morgan fingerprint density at radius 3 is 0.772 bits per heavy atom. The molecular formula is C82H118N2S8. The van der Waals surface area contributed by atoms with Crippen LogP contribution in [-0.4, -0.2) is 22.5 Å². The lowest BCUT2D eigenvalue weighted by Crippen LogP contribution is -1.90. The number of thiazole rings is 2. The Labute approximate surface area is 593 Å². The summed E-state index contributed by atoms with van der Waals surface area (Å²) < 4.78 is 0. The van der Waals surface area contributed by atoms with Crippen LogP contribution >= 0.6 is 91.5 Å². The lowest BCUT2D eigenvalue weighted by molar-refractivity contribution is 0.556. The van der Waals surface area contributed by atoms with E-state index in [4.69, 9.17) is 9.97 Å². The zero-order chi connectivity index (χ0) is 64.2. The number of aromatic nitrogens is 2. The summed E-state index contributed by atoms with van der Waals surface area (Å²) in [4.78, 5) is 27.5. The SMILES string of the molecule is CCCCCCCCCCCCc1cc(-c2ccc(SC)cc2)sc1-c1nc2sc(-c3sc(-c4cc(CCCCCCCCCCCC)c(-c5sc(-c6ccc(SC)cc6)cc5CCCCCCCCCCCC)s4)cc3CCCCCCCCCCCC)nc2s1. The normalized spacial score (nSPS) is 11.8. The van der Waals surface area contributed by atoms with Crippen molar-refractivity contribution in [2.24, 2.45) is 0 Å². The molecule has 8 rings (SSSR count). The molecule has 0 bridgehead atoms. The molecule has 0 spiro atoms. The van der Waals surface area contributed by atoms with Gasteiger partial charge < -0.3 is 0 Å². The maximum absolute atomic E-state index is 5.61. The number of nitrogens with zero attached hydrogens (tertiary/aromatic N) is 2. The molecule has 0 N–H and O–H groups in total. The molecule has 0 radical (unpaired) electrons. The maximum Gasteiger partial charge on any atom is 0.155 e. The van der Waals surface area contributed by atoms with Crippen LogP contribution < -0.4 is 0 Å². The lowest BCUT2D eigenvalue weighted by Gasteiger charge is -2.07. The Bertz CT molecular complexity index is 3180. The third kappa shape index (κ3) is 25.1. The van der Waals surface area contributed by atoms with Gasteiger partial charge in [0, 0.05) is 39.1 Å². The molecule has 10 heteroatoms. The molecule has 0 aliphatic heterocycles. The van der Waals surface area contributed by atoms with E-state index >= 15 is 0 Å². The van der Waals surface area contributed by atoms with Crippen molar-refractivity contribution >= 4 is 101 Å². The molecule has 0 aliphatic rings. The van der Waals surface area contributed by atoms with Gasteiger partial charge in [-0.2, -0.15) is 0 Å². The van der Waals surface area contributed by atoms with Crippen LogP contribution in [0.15, 0.2) is 82.6 Å². The predicted molar refractivity (Wildman–Crippen MR) is 425 cm³/mol. The smallest absolute Gasteiger partial charge is 0.155 e. The Morgan fingerprint density at radius 1 is 0.261 bits per heavy atom. The van der Waals surface area contributed by atoms with E-state index in [1.165, 1.54) is 330 Å². The molecule has 0 saturated carbocycles. The van der Waals surface area contributed by atoms with E-state index in [2.05, 4.69) is 136 Å². The summed E-state index contributed by atoms with van der Waals surface area (Å²) in [6.45, 7) is 9.30. The standard InChI is InChI=1S/C82H118N2S8/c1-7-11-15-19-23-27-31-35-39-43-47-65-59-71(63-51-55-69(85-5)56-52-63)87-75(65)76-66(48-44-40-36-32-28-24-20-16-12-8-2)61-73(89-76)74-62-68(50-46-42-38-34-30-26-22-18-14-10-4)78(90-74)80-84-82-81(92-80)83-79(91-82)77-67(49-45-41-37-33-29-25-21-17-13-9-3)60-72(88-77)64-53-57-70(86-6)58-54-64/h51-62H,7-50H2,1-6H3. The van der Waals surface area contributed by atoms with Crippen LogP contribution in [0.25, 0.3) is 69.8 Å². The highest BCUT2D eigenvalue weighted by Gasteiger charge is 2.25. The van der Waals surface area contributed by atoms with E-state index in [0.717, 1.165) is 33.9 Å². The highest BCUT2D eigenvalue weighted by molar-refractivity contribution is 7.98. The molecule has 0 unspecified atom stereocenters. The Kier molecular flexibility index (Phi) is 36.3. The van der Waals surface area contributed by atoms with Gasteiger partial charge in [0.1, 0.15) is 10.0 Å². The zero-order valence-electron chi connectivity index (χ0n) is 58.2. The summed E-state index contributed by atoms with van der Waals surface area (Å²) in [5, 5.41) is 2.33. The van der Waals surface area contributed by atoms with E-state index in [9.17, 15) is 0 Å². The van der Waals surface area contributed by atoms with Crippen LogP contribution in [0.3, 0.4) is 0 Å². The molecule has 8 aromatic rings. The minimum Gasteiger partial charge on any atom is -0.222 e. The quantitative estimate of drug-likeness (QED) is 0.0280. The van der Waals surface area contributed by atoms with Gasteiger partial charge in [0.05, 0.1) is 9.75 Å². The third-order valence-corrected chi connectivity index (χ3v) is 28.0. The first-order valence-corrected chi connectivity index (χ1v) is 44.9. The number of hydrogen-bond donors (Lipinski definition) is 0. The minimum atomic E-state index is 1.10. The first-order chi connectivity index (χ1) is 45.4. The Hall–Kier alpha value is -2.54. The number of aryl methyl sites for hydroxylation is 4. The number of thioether (sulfide) groups is 2. The number of rotatable bonds is 52. The van der Waals surface area contributed by atoms with Gasteiger partial charge >= 0.3 is 0 Å². The van der Waals surface area contributed by atoms with Gasteiger partial charge in [-0.3, -0.25) is 0 Å². The first kappa shape index (κ1) is 75.2. The summed E-state index contributed by atoms with van der Waals surface area (Å²) in [7, 11) is 0. The maximum atomic E-state index is 5.61. The van der Waals surface area contributed by atoms with E-state index < -0.39 is 0 Å². The molecule has 0 saturated heterocycles. The highest BCUT2D eigenvalue weighted by atomic mass is 32.2. The van der Waals surface area contributed by atoms with Crippen molar-refractivity contribution in [1.29, 1.82) is 0 Å².